The molecule has 3 rings (SSSR count). The maximum Gasteiger partial charge on any atom is 0.220 e. The molecule has 2 aliphatic rings. The Bertz CT molecular complexity index is 507. The van der Waals surface area contributed by atoms with Crippen LogP contribution in [0.5, 0.6) is 0 Å². The molecule has 1 aromatic heterocycles. The van der Waals surface area contributed by atoms with Crippen molar-refractivity contribution in [1.82, 2.24) is 25.4 Å². The van der Waals surface area contributed by atoms with Gasteiger partial charge in [0, 0.05) is 19.4 Å². The minimum atomic E-state index is -0.0615. The average molecular weight is 305 g/mol. The monoisotopic (exact) mass is 305 g/mol. The zero-order valence-electron chi connectivity index (χ0n) is 13.5. The van der Waals surface area contributed by atoms with Gasteiger partial charge in [-0.25, -0.2) is 0 Å². The third-order valence-corrected chi connectivity index (χ3v) is 4.84. The molecule has 0 spiro atoms. The molecule has 2 aliphatic heterocycles. The number of hydrogen-bond donors (Lipinski definition) is 2. The molecule has 3 heterocycles. The lowest BCUT2D eigenvalue weighted by Gasteiger charge is -2.16. The molecule has 0 bridgehead atoms. The molecule has 2 atom stereocenters. The highest BCUT2D eigenvalue weighted by Gasteiger charge is 2.21. The van der Waals surface area contributed by atoms with Crippen LogP contribution >= 0.6 is 0 Å². The zero-order chi connectivity index (χ0) is 15.4. The highest BCUT2D eigenvalue weighted by Crippen LogP contribution is 2.19. The zero-order valence-corrected chi connectivity index (χ0v) is 13.5. The fourth-order valence-corrected chi connectivity index (χ4v) is 3.50. The molecule has 1 fully saturated rings. The van der Waals surface area contributed by atoms with Gasteiger partial charge in [-0.2, -0.15) is 0 Å². The summed E-state index contributed by atoms with van der Waals surface area (Å²) in [6.07, 6.45) is 7.39. The van der Waals surface area contributed by atoms with Crippen molar-refractivity contribution >= 4 is 5.91 Å². The minimum Gasteiger partial charge on any atom is -0.346 e. The number of amides is 1. The smallest absolute Gasteiger partial charge is 0.220 e. The van der Waals surface area contributed by atoms with E-state index >= 15 is 0 Å². The summed E-state index contributed by atoms with van der Waals surface area (Å²) >= 11 is 0. The van der Waals surface area contributed by atoms with Crippen LogP contribution in [-0.4, -0.2) is 33.8 Å². The molecule has 122 valence electrons. The number of rotatable bonds is 5. The van der Waals surface area contributed by atoms with Crippen molar-refractivity contribution < 1.29 is 4.79 Å². The molecule has 0 saturated carbocycles. The molecule has 1 amide bonds. The van der Waals surface area contributed by atoms with E-state index in [1.807, 2.05) is 6.92 Å². The predicted octanol–water partition coefficient (Wildman–Crippen LogP) is 1.57. The Hall–Kier alpha value is -1.43. The second-order valence-corrected chi connectivity index (χ2v) is 6.62. The first-order valence-corrected chi connectivity index (χ1v) is 8.66. The van der Waals surface area contributed by atoms with Crippen molar-refractivity contribution in [2.24, 2.45) is 5.92 Å². The van der Waals surface area contributed by atoms with Crippen molar-refractivity contribution in [2.75, 3.05) is 13.1 Å². The molecule has 1 saturated heterocycles. The molecular weight excluding hydrogens is 278 g/mol. The summed E-state index contributed by atoms with van der Waals surface area (Å²) in [6, 6.07) is -0.0615. The second-order valence-electron chi connectivity index (χ2n) is 6.62. The summed E-state index contributed by atoms with van der Waals surface area (Å²) < 4.78 is 2.21. The normalized spacial score (nSPS) is 22.9. The fraction of sp³-hybridized carbons (Fsp3) is 0.812. The SMILES string of the molecule is C[C@@H](NC(=O)CCC1CCNC1)c1nnc2n1CCCCC2. The Kier molecular flexibility index (Phi) is 5.08. The number of hydrogen-bond acceptors (Lipinski definition) is 4. The number of carbonyl (C=O) groups excluding carboxylic acids is 1. The number of carbonyl (C=O) groups is 1. The van der Waals surface area contributed by atoms with Crippen LogP contribution in [0.3, 0.4) is 0 Å². The van der Waals surface area contributed by atoms with Gasteiger partial charge in [-0.05, 0) is 51.6 Å². The van der Waals surface area contributed by atoms with E-state index in [0.717, 1.165) is 44.1 Å². The van der Waals surface area contributed by atoms with Gasteiger partial charge in [0.25, 0.3) is 0 Å². The van der Waals surface area contributed by atoms with Crippen molar-refractivity contribution in [3.63, 3.8) is 0 Å². The van der Waals surface area contributed by atoms with Gasteiger partial charge in [-0.15, -0.1) is 10.2 Å². The highest BCUT2D eigenvalue weighted by molar-refractivity contribution is 5.76. The topological polar surface area (TPSA) is 71.8 Å². The van der Waals surface area contributed by atoms with Crippen LogP contribution in [0.15, 0.2) is 0 Å². The molecular formula is C16H27N5O. The highest BCUT2D eigenvalue weighted by atomic mass is 16.1. The molecule has 2 N–H and O–H groups in total. The molecule has 0 aliphatic carbocycles. The van der Waals surface area contributed by atoms with Gasteiger partial charge in [0.15, 0.2) is 5.82 Å². The van der Waals surface area contributed by atoms with E-state index < -0.39 is 0 Å². The third-order valence-electron chi connectivity index (χ3n) is 4.84. The Balaban J connectivity index is 1.53. The van der Waals surface area contributed by atoms with E-state index in [0.29, 0.717) is 12.3 Å². The Labute approximate surface area is 132 Å². The Morgan fingerprint density at radius 1 is 1.41 bits per heavy atom. The molecule has 0 radical (unpaired) electrons. The van der Waals surface area contributed by atoms with Gasteiger partial charge in [0.1, 0.15) is 5.82 Å². The van der Waals surface area contributed by atoms with Gasteiger partial charge < -0.3 is 15.2 Å². The first-order valence-electron chi connectivity index (χ1n) is 8.66. The van der Waals surface area contributed by atoms with Crippen LogP contribution in [-0.2, 0) is 17.8 Å². The Morgan fingerprint density at radius 3 is 3.14 bits per heavy atom. The fourth-order valence-electron chi connectivity index (χ4n) is 3.50. The molecule has 6 heteroatoms. The summed E-state index contributed by atoms with van der Waals surface area (Å²) in [5.41, 5.74) is 0. The van der Waals surface area contributed by atoms with Crippen molar-refractivity contribution in [2.45, 2.75) is 64.5 Å². The van der Waals surface area contributed by atoms with Crippen molar-refractivity contribution in [1.29, 1.82) is 0 Å². The molecule has 1 unspecified atom stereocenters. The van der Waals surface area contributed by atoms with Gasteiger partial charge in [-0.3, -0.25) is 4.79 Å². The molecule has 0 aromatic carbocycles. The summed E-state index contributed by atoms with van der Waals surface area (Å²) in [5.74, 6) is 2.77. The average Bonchev–Trinajstić information content (AvgIpc) is 3.10. The molecule has 6 nitrogen and oxygen atoms in total. The van der Waals surface area contributed by atoms with Crippen LogP contribution in [0.2, 0.25) is 0 Å². The standard InChI is InChI=1S/C16H27N5O/c1-12(18-15(22)7-6-13-8-9-17-11-13)16-20-19-14-5-3-2-4-10-21(14)16/h12-13,17H,2-11H2,1H3,(H,18,22)/t12-,13?/m1/s1. The lowest BCUT2D eigenvalue weighted by atomic mass is 10.0. The summed E-state index contributed by atoms with van der Waals surface area (Å²) in [6.45, 7) is 5.14. The molecule has 22 heavy (non-hydrogen) atoms. The predicted molar refractivity (Wildman–Crippen MR) is 84.3 cm³/mol. The quantitative estimate of drug-likeness (QED) is 0.866. The number of nitrogens with zero attached hydrogens (tertiary/aromatic N) is 3. The van der Waals surface area contributed by atoms with Crippen LogP contribution < -0.4 is 10.6 Å². The summed E-state index contributed by atoms with van der Waals surface area (Å²) in [4.78, 5) is 12.2. The van der Waals surface area contributed by atoms with E-state index in [-0.39, 0.29) is 11.9 Å². The van der Waals surface area contributed by atoms with E-state index in [9.17, 15) is 4.79 Å². The summed E-state index contributed by atoms with van der Waals surface area (Å²) in [5, 5.41) is 15.1. The lowest BCUT2D eigenvalue weighted by molar-refractivity contribution is -0.122. The summed E-state index contributed by atoms with van der Waals surface area (Å²) in [7, 11) is 0. The van der Waals surface area contributed by atoms with Gasteiger partial charge in [0.05, 0.1) is 6.04 Å². The van der Waals surface area contributed by atoms with Crippen molar-refractivity contribution in [3.05, 3.63) is 11.6 Å². The molecule has 1 aromatic rings. The van der Waals surface area contributed by atoms with Crippen molar-refractivity contribution in [3.8, 4) is 0 Å². The van der Waals surface area contributed by atoms with Crippen LogP contribution in [0.25, 0.3) is 0 Å². The maximum atomic E-state index is 12.2. The first kappa shape index (κ1) is 15.5. The number of nitrogens with one attached hydrogen (secondary N) is 2. The number of fused-ring (bicyclic) bond motifs is 1. The van der Waals surface area contributed by atoms with E-state index in [1.54, 1.807) is 0 Å². The number of aryl methyl sites for hydroxylation is 1. The van der Waals surface area contributed by atoms with Crippen LogP contribution in [0.4, 0.5) is 0 Å². The van der Waals surface area contributed by atoms with Crippen LogP contribution in [0.1, 0.15) is 63.1 Å². The van der Waals surface area contributed by atoms with E-state index in [1.165, 1.54) is 25.7 Å². The largest absolute Gasteiger partial charge is 0.346 e. The maximum absolute atomic E-state index is 12.2. The third kappa shape index (κ3) is 3.66. The second kappa shape index (κ2) is 7.22. The first-order chi connectivity index (χ1) is 10.7. The number of aromatic nitrogens is 3. The van der Waals surface area contributed by atoms with Gasteiger partial charge in [0.2, 0.25) is 5.91 Å². The lowest BCUT2D eigenvalue weighted by Crippen LogP contribution is -2.29. The van der Waals surface area contributed by atoms with E-state index in [2.05, 4.69) is 25.4 Å². The van der Waals surface area contributed by atoms with Gasteiger partial charge >= 0.3 is 0 Å². The Morgan fingerprint density at radius 2 is 2.32 bits per heavy atom. The van der Waals surface area contributed by atoms with Crippen LogP contribution in [0, 0.1) is 5.92 Å². The van der Waals surface area contributed by atoms with Gasteiger partial charge in [-0.1, -0.05) is 6.42 Å². The minimum absolute atomic E-state index is 0.0615. The van der Waals surface area contributed by atoms with E-state index in [4.69, 9.17) is 0 Å².